The number of hydrogen-bond acceptors (Lipinski definition) is 6. The van der Waals surface area contributed by atoms with Crippen LogP contribution >= 0.6 is 0 Å². The smallest absolute Gasteiger partial charge is 0.416 e. The van der Waals surface area contributed by atoms with Gasteiger partial charge in [-0.3, -0.25) is 4.79 Å². The average molecular weight is 459 g/mol. The molecule has 0 bridgehead atoms. The maximum absolute atomic E-state index is 13.0. The molecule has 1 aromatic heterocycles. The molecule has 1 atom stereocenters. The molecule has 0 unspecified atom stereocenters. The van der Waals surface area contributed by atoms with E-state index in [2.05, 4.69) is 15.4 Å². The SMILES string of the molecule is O=C(Cn1nnc(-c2cccc(C(F)(F)F)c2)n1)N1CCC[C@H]1c1ccc2c(c1)OCCO2. The number of carbonyl (C=O) groups excluding carboxylic acids is 1. The fourth-order valence-corrected chi connectivity index (χ4v) is 4.15. The van der Waals surface area contributed by atoms with Crippen LogP contribution in [0.1, 0.15) is 30.0 Å². The van der Waals surface area contributed by atoms with E-state index in [1.54, 1.807) is 4.90 Å². The van der Waals surface area contributed by atoms with Crippen molar-refractivity contribution in [3.63, 3.8) is 0 Å². The van der Waals surface area contributed by atoms with Gasteiger partial charge in [0, 0.05) is 12.1 Å². The number of nitrogens with zero attached hydrogens (tertiary/aromatic N) is 5. The highest BCUT2D eigenvalue weighted by Gasteiger charge is 2.32. The number of benzene rings is 2. The second kappa shape index (κ2) is 8.38. The molecule has 1 amide bonds. The normalized spacial score (nSPS) is 17.9. The molecule has 33 heavy (non-hydrogen) atoms. The van der Waals surface area contributed by atoms with Crippen molar-refractivity contribution in [2.45, 2.75) is 31.6 Å². The van der Waals surface area contributed by atoms with E-state index in [9.17, 15) is 18.0 Å². The van der Waals surface area contributed by atoms with Gasteiger partial charge in [-0.05, 0) is 47.9 Å². The van der Waals surface area contributed by atoms with Crippen molar-refractivity contribution in [2.24, 2.45) is 0 Å². The van der Waals surface area contributed by atoms with Gasteiger partial charge in [-0.25, -0.2) is 0 Å². The molecule has 0 N–H and O–H groups in total. The molecule has 0 aliphatic carbocycles. The van der Waals surface area contributed by atoms with Crippen LogP contribution in [-0.2, 0) is 17.5 Å². The Hall–Kier alpha value is -3.63. The van der Waals surface area contributed by atoms with Gasteiger partial charge in [0.15, 0.2) is 11.5 Å². The van der Waals surface area contributed by atoms with E-state index >= 15 is 0 Å². The molecule has 3 heterocycles. The number of aromatic nitrogens is 4. The topological polar surface area (TPSA) is 82.4 Å². The standard InChI is InChI=1S/C22H20F3N5O3/c23-22(24,25)16-4-1-3-15(11-16)21-26-28-30(27-21)13-20(31)29-8-2-5-17(29)14-6-7-18-19(12-14)33-10-9-32-18/h1,3-4,6-7,11-12,17H,2,5,8-10,13H2/t17-/m0/s1. The minimum absolute atomic E-state index is 0.0266. The molecule has 1 fully saturated rings. The van der Waals surface area contributed by atoms with Gasteiger partial charge in [-0.1, -0.05) is 18.2 Å². The van der Waals surface area contributed by atoms with Crippen molar-refractivity contribution in [1.29, 1.82) is 0 Å². The average Bonchev–Trinajstić information content (AvgIpc) is 3.48. The highest BCUT2D eigenvalue weighted by Crippen LogP contribution is 2.38. The Morgan fingerprint density at radius 3 is 2.73 bits per heavy atom. The third-order valence-electron chi connectivity index (χ3n) is 5.70. The first-order chi connectivity index (χ1) is 15.9. The first-order valence-corrected chi connectivity index (χ1v) is 10.5. The Labute approximate surface area is 186 Å². The number of hydrogen-bond donors (Lipinski definition) is 0. The lowest BCUT2D eigenvalue weighted by Crippen LogP contribution is -2.34. The number of halogens is 3. The summed E-state index contributed by atoms with van der Waals surface area (Å²) in [5.41, 5.74) is 0.340. The summed E-state index contributed by atoms with van der Waals surface area (Å²) < 4.78 is 50.2. The Morgan fingerprint density at radius 1 is 1.09 bits per heavy atom. The molecular weight excluding hydrogens is 439 g/mol. The van der Waals surface area contributed by atoms with Gasteiger partial charge in [0.05, 0.1) is 11.6 Å². The number of rotatable bonds is 4. The van der Waals surface area contributed by atoms with Crippen LogP contribution in [0.25, 0.3) is 11.4 Å². The van der Waals surface area contributed by atoms with E-state index in [4.69, 9.17) is 9.47 Å². The van der Waals surface area contributed by atoms with Gasteiger partial charge >= 0.3 is 6.18 Å². The molecule has 2 aliphatic heterocycles. The Balaban J connectivity index is 1.30. The molecule has 0 saturated carbocycles. The zero-order chi connectivity index (χ0) is 23.0. The monoisotopic (exact) mass is 459 g/mol. The van der Waals surface area contributed by atoms with Crippen LogP contribution in [0.15, 0.2) is 42.5 Å². The molecular formula is C22H20F3N5O3. The fourth-order valence-electron chi connectivity index (χ4n) is 4.15. The lowest BCUT2D eigenvalue weighted by Gasteiger charge is -2.26. The van der Waals surface area contributed by atoms with Crippen molar-refractivity contribution in [2.75, 3.05) is 19.8 Å². The largest absolute Gasteiger partial charge is 0.486 e. The second-order valence-electron chi connectivity index (χ2n) is 7.87. The van der Waals surface area contributed by atoms with Crippen molar-refractivity contribution < 1.29 is 27.4 Å². The molecule has 0 radical (unpaired) electrons. The fraction of sp³-hybridized carbons (Fsp3) is 0.364. The van der Waals surface area contributed by atoms with Gasteiger partial charge in [-0.15, -0.1) is 10.2 Å². The zero-order valence-corrected chi connectivity index (χ0v) is 17.5. The molecule has 0 spiro atoms. The van der Waals surface area contributed by atoms with Crippen LogP contribution in [0.5, 0.6) is 11.5 Å². The molecule has 3 aromatic rings. The van der Waals surface area contributed by atoms with Crippen LogP contribution in [0.4, 0.5) is 13.2 Å². The van der Waals surface area contributed by atoms with E-state index in [0.717, 1.165) is 35.3 Å². The van der Waals surface area contributed by atoms with Crippen molar-refractivity contribution in [3.05, 3.63) is 53.6 Å². The highest BCUT2D eigenvalue weighted by molar-refractivity contribution is 5.76. The zero-order valence-electron chi connectivity index (χ0n) is 17.5. The predicted octanol–water partition coefficient (Wildman–Crippen LogP) is 3.49. The molecule has 2 aromatic carbocycles. The van der Waals surface area contributed by atoms with E-state index < -0.39 is 11.7 Å². The van der Waals surface area contributed by atoms with Gasteiger partial charge in [0.1, 0.15) is 19.8 Å². The predicted molar refractivity (Wildman–Crippen MR) is 109 cm³/mol. The van der Waals surface area contributed by atoms with Crippen LogP contribution in [0.2, 0.25) is 0 Å². The Morgan fingerprint density at radius 2 is 1.91 bits per heavy atom. The summed E-state index contributed by atoms with van der Waals surface area (Å²) >= 11 is 0. The van der Waals surface area contributed by atoms with Gasteiger partial charge in [-0.2, -0.15) is 18.0 Å². The maximum atomic E-state index is 13.0. The minimum atomic E-state index is -4.47. The summed E-state index contributed by atoms with van der Waals surface area (Å²) in [5, 5.41) is 11.8. The number of alkyl halides is 3. The van der Waals surface area contributed by atoms with Gasteiger partial charge < -0.3 is 14.4 Å². The first-order valence-electron chi connectivity index (χ1n) is 10.5. The highest BCUT2D eigenvalue weighted by atomic mass is 19.4. The summed E-state index contributed by atoms with van der Waals surface area (Å²) in [6.45, 7) is 1.42. The second-order valence-corrected chi connectivity index (χ2v) is 7.87. The van der Waals surface area contributed by atoms with Crippen molar-refractivity contribution in [1.82, 2.24) is 25.1 Å². The lowest BCUT2D eigenvalue weighted by molar-refractivity contribution is -0.137. The van der Waals surface area contributed by atoms with Gasteiger partial charge in [0.2, 0.25) is 11.7 Å². The summed E-state index contributed by atoms with van der Waals surface area (Å²) in [6, 6.07) is 10.3. The molecule has 11 heteroatoms. The van der Waals surface area contributed by atoms with E-state index in [1.807, 2.05) is 18.2 Å². The molecule has 1 saturated heterocycles. The molecule has 172 valence electrons. The third-order valence-corrected chi connectivity index (χ3v) is 5.70. The number of likely N-dealkylation sites (tertiary alicyclic amines) is 1. The van der Waals surface area contributed by atoms with E-state index in [-0.39, 0.29) is 29.9 Å². The number of fused-ring (bicyclic) bond motifs is 1. The van der Waals surface area contributed by atoms with E-state index in [0.29, 0.717) is 31.3 Å². The van der Waals surface area contributed by atoms with Crippen LogP contribution < -0.4 is 9.47 Å². The molecule has 8 nitrogen and oxygen atoms in total. The maximum Gasteiger partial charge on any atom is 0.416 e. The Bertz CT molecular complexity index is 1180. The summed E-state index contributed by atoms with van der Waals surface area (Å²) in [6.07, 6.45) is -2.81. The number of ether oxygens (including phenoxy) is 2. The van der Waals surface area contributed by atoms with Crippen LogP contribution in [-0.4, -0.2) is 50.8 Å². The Kier molecular flexibility index (Phi) is 5.39. The quantitative estimate of drug-likeness (QED) is 0.594. The summed E-state index contributed by atoms with van der Waals surface area (Å²) in [4.78, 5) is 15.9. The number of amides is 1. The van der Waals surface area contributed by atoms with Crippen LogP contribution in [0.3, 0.4) is 0 Å². The van der Waals surface area contributed by atoms with Crippen molar-refractivity contribution in [3.8, 4) is 22.9 Å². The summed E-state index contributed by atoms with van der Waals surface area (Å²) in [5.74, 6) is 1.19. The lowest BCUT2D eigenvalue weighted by atomic mass is 10.0. The summed E-state index contributed by atoms with van der Waals surface area (Å²) in [7, 11) is 0. The van der Waals surface area contributed by atoms with Gasteiger partial charge in [0.25, 0.3) is 0 Å². The van der Waals surface area contributed by atoms with Crippen LogP contribution in [0, 0.1) is 0 Å². The first kappa shape index (κ1) is 21.2. The molecule has 5 rings (SSSR count). The minimum Gasteiger partial charge on any atom is -0.486 e. The van der Waals surface area contributed by atoms with Crippen molar-refractivity contribution >= 4 is 5.91 Å². The molecule has 2 aliphatic rings. The number of tetrazole rings is 1. The number of carbonyl (C=O) groups is 1. The third kappa shape index (κ3) is 4.35. The van der Waals surface area contributed by atoms with E-state index in [1.165, 1.54) is 12.1 Å².